The van der Waals surface area contributed by atoms with E-state index in [9.17, 15) is 9.59 Å². The smallest absolute Gasteiger partial charge is 0.251 e. The summed E-state index contributed by atoms with van der Waals surface area (Å²) in [5.74, 6) is 0.611. The van der Waals surface area contributed by atoms with Crippen molar-refractivity contribution in [2.45, 2.75) is 39.7 Å². The van der Waals surface area contributed by atoms with Gasteiger partial charge in [0.2, 0.25) is 0 Å². The summed E-state index contributed by atoms with van der Waals surface area (Å²) in [5.41, 5.74) is 3.44. The summed E-state index contributed by atoms with van der Waals surface area (Å²) in [6, 6.07) is 15.2. The number of guanidine groups is 1. The zero-order chi connectivity index (χ0) is 23.2. The van der Waals surface area contributed by atoms with Crippen molar-refractivity contribution in [1.82, 2.24) is 21.3 Å². The molecule has 2 aromatic rings. The lowest BCUT2D eigenvalue weighted by Gasteiger charge is -2.12. The monoisotopic (exact) mass is 437 g/mol. The summed E-state index contributed by atoms with van der Waals surface area (Å²) in [5, 5.41) is 12.2. The number of unbranched alkanes of at least 4 members (excludes halogenated alkanes) is 1. The van der Waals surface area contributed by atoms with Crippen LogP contribution in [0.15, 0.2) is 53.5 Å². The van der Waals surface area contributed by atoms with E-state index in [0.29, 0.717) is 30.8 Å². The summed E-state index contributed by atoms with van der Waals surface area (Å²) >= 11 is 0. The van der Waals surface area contributed by atoms with E-state index in [1.807, 2.05) is 49.4 Å². The van der Waals surface area contributed by atoms with E-state index in [4.69, 9.17) is 0 Å². The van der Waals surface area contributed by atoms with Gasteiger partial charge < -0.3 is 21.3 Å². The van der Waals surface area contributed by atoms with Gasteiger partial charge in [0.05, 0.1) is 6.54 Å². The third-order valence-electron chi connectivity index (χ3n) is 4.92. The molecule has 2 aromatic carbocycles. The highest BCUT2D eigenvalue weighted by atomic mass is 16.2. The molecular formula is C25H35N5O2. The third-order valence-corrected chi connectivity index (χ3v) is 4.92. The second kappa shape index (κ2) is 13.9. The number of carbonyl (C=O) groups excluding carboxylic acids is 2. The van der Waals surface area contributed by atoms with Crippen LogP contribution in [0.4, 0.5) is 0 Å². The van der Waals surface area contributed by atoms with Crippen molar-refractivity contribution in [3.8, 4) is 0 Å². The van der Waals surface area contributed by atoms with Gasteiger partial charge in [-0.05, 0) is 55.2 Å². The molecule has 2 amide bonds. The van der Waals surface area contributed by atoms with Crippen LogP contribution in [0.5, 0.6) is 0 Å². The molecule has 0 saturated heterocycles. The number of benzene rings is 2. The number of rotatable bonds is 11. The van der Waals surface area contributed by atoms with Crippen molar-refractivity contribution in [3.05, 3.63) is 70.8 Å². The summed E-state index contributed by atoms with van der Waals surface area (Å²) in [6.07, 6.45) is 2.82. The van der Waals surface area contributed by atoms with E-state index in [-0.39, 0.29) is 11.8 Å². The van der Waals surface area contributed by atoms with Crippen LogP contribution in [0.1, 0.15) is 58.5 Å². The fourth-order valence-electron chi connectivity index (χ4n) is 3.09. The number of hydrogen-bond donors (Lipinski definition) is 4. The Bertz CT molecular complexity index is 893. The number of amides is 2. The van der Waals surface area contributed by atoms with Crippen LogP contribution in [0.2, 0.25) is 0 Å². The lowest BCUT2D eigenvalue weighted by molar-refractivity contribution is 0.0948. The van der Waals surface area contributed by atoms with Crippen LogP contribution in [0, 0.1) is 0 Å². The molecule has 0 aliphatic carbocycles. The largest absolute Gasteiger partial charge is 0.357 e. The molecule has 0 atom stereocenters. The lowest BCUT2D eigenvalue weighted by Crippen LogP contribution is -2.38. The molecule has 0 unspecified atom stereocenters. The zero-order valence-electron chi connectivity index (χ0n) is 19.3. The molecule has 0 aromatic heterocycles. The summed E-state index contributed by atoms with van der Waals surface area (Å²) in [6.45, 7) is 6.79. The summed E-state index contributed by atoms with van der Waals surface area (Å²) in [7, 11) is 1.63. The van der Waals surface area contributed by atoms with Crippen LogP contribution in [-0.4, -0.2) is 44.5 Å². The van der Waals surface area contributed by atoms with Gasteiger partial charge >= 0.3 is 0 Å². The van der Waals surface area contributed by atoms with Crippen LogP contribution in [-0.2, 0) is 13.0 Å². The maximum Gasteiger partial charge on any atom is 0.251 e. The van der Waals surface area contributed by atoms with E-state index in [0.717, 1.165) is 42.9 Å². The van der Waals surface area contributed by atoms with E-state index in [1.165, 1.54) is 0 Å². The molecule has 32 heavy (non-hydrogen) atoms. The molecule has 2 rings (SSSR count). The molecule has 172 valence electrons. The van der Waals surface area contributed by atoms with Crippen LogP contribution in [0.3, 0.4) is 0 Å². The molecule has 0 fully saturated rings. The van der Waals surface area contributed by atoms with Gasteiger partial charge in [0, 0.05) is 37.8 Å². The Balaban J connectivity index is 1.88. The van der Waals surface area contributed by atoms with Gasteiger partial charge in [-0.2, -0.15) is 0 Å². The van der Waals surface area contributed by atoms with Gasteiger partial charge in [-0.25, -0.2) is 4.99 Å². The van der Waals surface area contributed by atoms with Gasteiger partial charge in [-0.15, -0.1) is 0 Å². The number of nitrogens with one attached hydrogen (secondary N) is 4. The SMILES string of the molecule is CCCCNC(=O)c1ccc(CN=C(NCC)NCCc2cccc(C(=O)NC)c2)cc1. The maximum atomic E-state index is 12.1. The Kier molecular flexibility index (Phi) is 10.8. The Labute approximate surface area is 191 Å². The van der Waals surface area contributed by atoms with Crippen LogP contribution in [0.25, 0.3) is 0 Å². The first-order chi connectivity index (χ1) is 15.6. The molecule has 7 nitrogen and oxygen atoms in total. The average molecular weight is 438 g/mol. The number of nitrogens with zero attached hydrogens (tertiary/aromatic N) is 1. The van der Waals surface area contributed by atoms with Crippen molar-refractivity contribution in [3.63, 3.8) is 0 Å². The Morgan fingerprint density at radius 1 is 0.844 bits per heavy atom. The van der Waals surface area contributed by atoms with Crippen molar-refractivity contribution in [2.75, 3.05) is 26.7 Å². The molecule has 0 saturated carbocycles. The first kappa shape index (κ1) is 24.9. The third kappa shape index (κ3) is 8.41. The Hall–Kier alpha value is -3.35. The lowest BCUT2D eigenvalue weighted by atomic mass is 10.1. The minimum absolute atomic E-state index is 0.0380. The van der Waals surface area contributed by atoms with Gasteiger partial charge in [0.1, 0.15) is 0 Å². The van der Waals surface area contributed by atoms with E-state index in [2.05, 4.69) is 33.2 Å². The number of carbonyl (C=O) groups is 2. The van der Waals surface area contributed by atoms with Crippen LogP contribution < -0.4 is 21.3 Å². The molecule has 0 heterocycles. The molecule has 7 heteroatoms. The maximum absolute atomic E-state index is 12.1. The molecule has 0 spiro atoms. The molecule has 0 bridgehead atoms. The Morgan fingerprint density at radius 3 is 2.31 bits per heavy atom. The highest BCUT2D eigenvalue weighted by Crippen LogP contribution is 2.07. The second-order valence-electron chi connectivity index (χ2n) is 7.46. The normalized spacial score (nSPS) is 11.0. The summed E-state index contributed by atoms with van der Waals surface area (Å²) < 4.78 is 0. The standard InChI is InChI=1S/C25H35N5O2/c1-4-6-15-28-24(32)21-12-10-20(11-13-21)18-30-25(27-5-2)29-16-14-19-8-7-9-22(17-19)23(31)26-3/h7-13,17H,4-6,14-16,18H2,1-3H3,(H,26,31)(H,28,32)(H2,27,29,30). The predicted octanol–water partition coefficient (Wildman–Crippen LogP) is 2.87. The van der Waals surface area contributed by atoms with Gasteiger partial charge in [-0.3, -0.25) is 9.59 Å². The number of hydrogen-bond acceptors (Lipinski definition) is 3. The molecule has 0 radical (unpaired) electrons. The molecule has 4 N–H and O–H groups in total. The van der Waals surface area contributed by atoms with Crippen molar-refractivity contribution >= 4 is 17.8 Å². The fraction of sp³-hybridized carbons (Fsp3) is 0.400. The van der Waals surface area contributed by atoms with Crippen molar-refractivity contribution < 1.29 is 9.59 Å². The predicted molar refractivity (Wildman–Crippen MR) is 130 cm³/mol. The highest BCUT2D eigenvalue weighted by molar-refractivity contribution is 5.94. The molecule has 0 aliphatic heterocycles. The van der Waals surface area contributed by atoms with Gasteiger partial charge in [0.25, 0.3) is 11.8 Å². The van der Waals surface area contributed by atoms with E-state index < -0.39 is 0 Å². The van der Waals surface area contributed by atoms with E-state index >= 15 is 0 Å². The van der Waals surface area contributed by atoms with Crippen molar-refractivity contribution in [1.29, 1.82) is 0 Å². The van der Waals surface area contributed by atoms with Gasteiger partial charge in [-0.1, -0.05) is 37.6 Å². The summed E-state index contributed by atoms with van der Waals surface area (Å²) in [4.78, 5) is 28.5. The van der Waals surface area contributed by atoms with E-state index in [1.54, 1.807) is 13.1 Å². The first-order valence-electron chi connectivity index (χ1n) is 11.3. The molecule has 0 aliphatic rings. The average Bonchev–Trinajstić information content (AvgIpc) is 2.82. The topological polar surface area (TPSA) is 94.6 Å². The van der Waals surface area contributed by atoms with Crippen molar-refractivity contribution in [2.24, 2.45) is 4.99 Å². The fourth-order valence-corrected chi connectivity index (χ4v) is 3.09. The zero-order valence-corrected chi connectivity index (χ0v) is 19.3. The second-order valence-corrected chi connectivity index (χ2v) is 7.46. The van der Waals surface area contributed by atoms with Crippen LogP contribution >= 0.6 is 0 Å². The van der Waals surface area contributed by atoms with Gasteiger partial charge in [0.15, 0.2) is 5.96 Å². The minimum atomic E-state index is -0.0841. The highest BCUT2D eigenvalue weighted by Gasteiger charge is 2.06. The number of aliphatic imine (C=N–C) groups is 1. The molecular weight excluding hydrogens is 402 g/mol. The Morgan fingerprint density at radius 2 is 1.62 bits per heavy atom. The quantitative estimate of drug-likeness (QED) is 0.247. The first-order valence-corrected chi connectivity index (χ1v) is 11.3. The minimum Gasteiger partial charge on any atom is -0.357 e.